The molecular weight excluding hydrogens is 288 g/mol. The zero-order valence-corrected chi connectivity index (χ0v) is 12.6. The molecule has 0 amide bonds. The van der Waals surface area contributed by atoms with Crippen LogP contribution in [0.2, 0.25) is 0 Å². The number of nitrogens with zero attached hydrogens (tertiary/aromatic N) is 1. The van der Waals surface area contributed by atoms with E-state index < -0.39 is 18.0 Å². The molecule has 0 fully saturated rings. The van der Waals surface area contributed by atoms with Crippen LogP contribution < -0.4 is 5.84 Å². The number of nitrogens with two attached hydrogens (primary N) is 1. The molecule has 0 spiro atoms. The molecule has 1 rings (SSSR count). The van der Waals surface area contributed by atoms with Gasteiger partial charge in [-0.25, -0.2) is 14.6 Å². The minimum Gasteiger partial charge on any atom is -0.478 e. The Morgan fingerprint density at radius 2 is 1.64 bits per heavy atom. The average Bonchev–Trinajstić information content (AvgIpc) is 2.47. The largest absolute Gasteiger partial charge is 0.478 e. The van der Waals surface area contributed by atoms with Gasteiger partial charge in [-0.3, -0.25) is 5.84 Å². The lowest BCUT2D eigenvalue weighted by atomic mass is 10.0. The molecule has 122 valence electrons. The predicted molar refractivity (Wildman–Crippen MR) is 81.8 cm³/mol. The summed E-state index contributed by atoms with van der Waals surface area (Å²) in [5.74, 6) is 3.14. The molecule has 0 aromatic heterocycles. The molecule has 0 heterocycles. The number of carboxylic acid groups (broad SMARTS) is 2. The first-order valence-corrected chi connectivity index (χ1v) is 6.64. The van der Waals surface area contributed by atoms with Crippen LogP contribution in [0.1, 0.15) is 25.0 Å². The number of rotatable bonds is 6. The van der Waals surface area contributed by atoms with E-state index in [0.717, 1.165) is 12.0 Å². The van der Waals surface area contributed by atoms with E-state index in [9.17, 15) is 14.7 Å². The molecule has 0 aliphatic heterocycles. The van der Waals surface area contributed by atoms with Gasteiger partial charge in [0.25, 0.3) is 0 Å². The number of aliphatic hydroxyl groups excluding tert-OH is 1. The molecule has 0 aliphatic carbocycles. The summed E-state index contributed by atoms with van der Waals surface area (Å²) < 4.78 is 0. The Hall–Kier alpha value is -2.22. The van der Waals surface area contributed by atoms with E-state index in [1.807, 2.05) is 37.3 Å². The third-order valence-corrected chi connectivity index (χ3v) is 2.82. The molecule has 1 aromatic carbocycles. The number of hydrogen-bond donors (Lipinski definition) is 4. The van der Waals surface area contributed by atoms with Gasteiger partial charge in [0, 0.05) is 19.2 Å². The highest BCUT2D eigenvalue weighted by Crippen LogP contribution is 2.20. The maximum atomic E-state index is 10.0. The molecule has 7 nitrogen and oxygen atoms in total. The maximum Gasteiger partial charge on any atom is 0.328 e. The van der Waals surface area contributed by atoms with Gasteiger partial charge >= 0.3 is 11.9 Å². The number of aliphatic carboxylic acids is 2. The number of carboxylic acids is 2. The maximum absolute atomic E-state index is 10.0. The first-order valence-electron chi connectivity index (χ1n) is 6.64. The van der Waals surface area contributed by atoms with Crippen LogP contribution in [0, 0.1) is 0 Å². The number of benzene rings is 1. The van der Waals surface area contributed by atoms with E-state index in [1.165, 1.54) is 0 Å². The number of aliphatic hydroxyl groups is 1. The summed E-state index contributed by atoms with van der Waals surface area (Å²) in [6, 6.07) is 9.57. The third kappa shape index (κ3) is 8.15. The summed E-state index contributed by atoms with van der Waals surface area (Å²) >= 11 is 0. The highest BCUT2D eigenvalue weighted by molar-refractivity contribution is 5.89. The molecule has 1 unspecified atom stereocenters. The fourth-order valence-corrected chi connectivity index (χ4v) is 1.75. The Morgan fingerprint density at radius 1 is 1.18 bits per heavy atom. The topological polar surface area (TPSA) is 124 Å². The lowest BCUT2D eigenvalue weighted by molar-refractivity contribution is -0.134. The van der Waals surface area contributed by atoms with Gasteiger partial charge in [0.2, 0.25) is 0 Å². The van der Waals surface area contributed by atoms with Crippen molar-refractivity contribution in [3.63, 3.8) is 0 Å². The Bertz CT molecular complexity index is 472. The lowest BCUT2D eigenvalue weighted by Gasteiger charge is -2.27. The van der Waals surface area contributed by atoms with Crippen molar-refractivity contribution in [1.29, 1.82) is 0 Å². The van der Waals surface area contributed by atoms with Gasteiger partial charge in [-0.15, -0.1) is 0 Å². The van der Waals surface area contributed by atoms with Crippen LogP contribution in [-0.4, -0.2) is 45.4 Å². The van der Waals surface area contributed by atoms with Gasteiger partial charge in [-0.05, 0) is 12.0 Å². The van der Waals surface area contributed by atoms with Gasteiger partial charge in [0.05, 0.1) is 12.1 Å². The quantitative estimate of drug-likeness (QED) is 0.351. The molecule has 0 radical (unpaired) electrons. The summed E-state index contributed by atoms with van der Waals surface area (Å²) in [6.07, 6.45) is 1.42. The van der Waals surface area contributed by atoms with Crippen LogP contribution in [0.25, 0.3) is 0 Å². The lowest BCUT2D eigenvalue weighted by Crippen LogP contribution is -2.41. The number of likely N-dealkylation sites (N-methyl/N-ethyl adjacent to an activating group) is 1. The van der Waals surface area contributed by atoms with Crippen LogP contribution in [-0.2, 0) is 9.59 Å². The number of carbonyl (C=O) groups is 2. The Kier molecular flexibility index (Phi) is 9.44. The smallest absolute Gasteiger partial charge is 0.328 e. The van der Waals surface area contributed by atoms with Crippen LogP contribution in [0.5, 0.6) is 0 Å². The van der Waals surface area contributed by atoms with Crippen LogP contribution in [0.15, 0.2) is 42.5 Å². The molecule has 22 heavy (non-hydrogen) atoms. The van der Waals surface area contributed by atoms with Crippen molar-refractivity contribution in [3.05, 3.63) is 48.0 Å². The van der Waals surface area contributed by atoms with E-state index in [4.69, 9.17) is 16.1 Å². The van der Waals surface area contributed by atoms with Crippen molar-refractivity contribution in [2.24, 2.45) is 5.84 Å². The second kappa shape index (κ2) is 10.5. The van der Waals surface area contributed by atoms with Gasteiger partial charge in [0.15, 0.2) is 0 Å². The first kappa shape index (κ1) is 19.8. The summed E-state index contributed by atoms with van der Waals surface area (Å²) in [4.78, 5) is 19.1. The van der Waals surface area contributed by atoms with Crippen LogP contribution >= 0.6 is 0 Å². The summed E-state index contributed by atoms with van der Waals surface area (Å²) in [5, 5.41) is 27.2. The molecular formula is C15H22N2O5. The zero-order valence-electron chi connectivity index (χ0n) is 12.6. The standard InChI is InChI=1S/C11H18N2O.C4H4O4/c1-3-10(13(2)12)11(14)9-7-5-4-6-8-9;5-3(6)1-2-4(7)8/h4-8,10-11,14H,3,12H2,1-2H3;1-2H,(H,5,6)(H,7,8)/b;2-1+/t10-,11?;/m1./s1. The van der Waals surface area contributed by atoms with Gasteiger partial charge in [-0.2, -0.15) is 0 Å². The summed E-state index contributed by atoms with van der Waals surface area (Å²) in [5.41, 5.74) is 0.914. The van der Waals surface area contributed by atoms with E-state index in [-0.39, 0.29) is 6.04 Å². The minimum absolute atomic E-state index is 0.0302. The van der Waals surface area contributed by atoms with Gasteiger partial charge in [0.1, 0.15) is 0 Å². The Morgan fingerprint density at radius 3 is 1.95 bits per heavy atom. The molecule has 5 N–H and O–H groups in total. The average molecular weight is 310 g/mol. The van der Waals surface area contributed by atoms with Crippen molar-refractivity contribution in [2.75, 3.05) is 7.05 Å². The second-order valence-electron chi connectivity index (χ2n) is 4.51. The van der Waals surface area contributed by atoms with E-state index >= 15 is 0 Å². The molecule has 0 saturated heterocycles. The van der Waals surface area contributed by atoms with Crippen molar-refractivity contribution >= 4 is 11.9 Å². The molecule has 2 atom stereocenters. The van der Waals surface area contributed by atoms with Crippen LogP contribution in [0.4, 0.5) is 0 Å². The van der Waals surface area contributed by atoms with Crippen molar-refractivity contribution in [3.8, 4) is 0 Å². The SMILES string of the molecule is CC[C@H](C(O)c1ccccc1)N(C)N.O=C(O)/C=C/C(=O)O. The van der Waals surface area contributed by atoms with E-state index in [0.29, 0.717) is 12.2 Å². The van der Waals surface area contributed by atoms with Crippen LogP contribution in [0.3, 0.4) is 0 Å². The number of hydrogen-bond acceptors (Lipinski definition) is 5. The van der Waals surface area contributed by atoms with Crippen molar-refractivity contribution in [2.45, 2.75) is 25.5 Å². The van der Waals surface area contributed by atoms with E-state index in [1.54, 1.807) is 12.1 Å². The number of hydrazine groups is 1. The monoisotopic (exact) mass is 310 g/mol. The molecule has 0 saturated carbocycles. The van der Waals surface area contributed by atoms with Crippen molar-refractivity contribution < 1.29 is 24.9 Å². The summed E-state index contributed by atoms with van der Waals surface area (Å²) in [6.45, 7) is 2.01. The third-order valence-electron chi connectivity index (χ3n) is 2.82. The van der Waals surface area contributed by atoms with Gasteiger partial charge < -0.3 is 15.3 Å². The fourth-order valence-electron chi connectivity index (χ4n) is 1.75. The molecule has 0 bridgehead atoms. The summed E-state index contributed by atoms with van der Waals surface area (Å²) in [7, 11) is 1.78. The first-order chi connectivity index (χ1) is 10.3. The molecule has 1 aromatic rings. The Balaban J connectivity index is 0.000000472. The zero-order chi connectivity index (χ0) is 17.1. The fraction of sp³-hybridized carbons (Fsp3) is 0.333. The Labute approximate surface area is 129 Å². The highest BCUT2D eigenvalue weighted by Gasteiger charge is 2.20. The normalized spacial score (nSPS) is 13.3. The molecule has 7 heteroatoms. The van der Waals surface area contributed by atoms with Crippen molar-refractivity contribution in [1.82, 2.24) is 5.01 Å². The second-order valence-corrected chi connectivity index (χ2v) is 4.51. The minimum atomic E-state index is -1.26. The predicted octanol–water partition coefficient (Wildman–Crippen LogP) is 1.02. The van der Waals surface area contributed by atoms with Gasteiger partial charge in [-0.1, -0.05) is 37.3 Å². The van der Waals surface area contributed by atoms with E-state index in [2.05, 4.69) is 0 Å². The molecule has 0 aliphatic rings. The highest BCUT2D eigenvalue weighted by atomic mass is 16.4.